The molecule has 0 radical (unpaired) electrons. The van der Waals surface area contributed by atoms with Crippen LogP contribution in [0.5, 0.6) is 5.75 Å². The van der Waals surface area contributed by atoms with Crippen LogP contribution in [0.4, 0.5) is 0 Å². The van der Waals surface area contributed by atoms with Crippen LogP contribution in [0, 0.1) is 0 Å². The first-order valence-electron chi connectivity index (χ1n) is 4.47. The third-order valence-electron chi connectivity index (χ3n) is 1.69. The van der Waals surface area contributed by atoms with Crippen LogP contribution in [0.1, 0.15) is 12.5 Å². The third-order valence-corrected chi connectivity index (χ3v) is 1.99. The second-order valence-electron chi connectivity index (χ2n) is 2.76. The summed E-state index contributed by atoms with van der Waals surface area (Å²) in [5.74, 6) is -0.489. The van der Waals surface area contributed by atoms with E-state index in [1.165, 1.54) is 6.08 Å². The molecule has 80 valence electrons. The second kappa shape index (κ2) is 5.41. The minimum absolute atomic E-state index is 0.476. The van der Waals surface area contributed by atoms with Gasteiger partial charge >= 0.3 is 5.97 Å². The maximum atomic E-state index is 10.4. The fourth-order valence-electron chi connectivity index (χ4n) is 1.11. The average Bonchev–Trinajstić information content (AvgIpc) is 2.19. The molecule has 0 aliphatic carbocycles. The number of carboxylic acids is 1. The number of benzene rings is 1. The van der Waals surface area contributed by atoms with Gasteiger partial charge in [-0.25, -0.2) is 4.79 Å². The highest BCUT2D eigenvalue weighted by Gasteiger charge is 2.05. The largest absolute Gasteiger partial charge is 0.492 e. The maximum Gasteiger partial charge on any atom is 0.328 e. The summed E-state index contributed by atoms with van der Waals surface area (Å²) in [7, 11) is 0. The maximum absolute atomic E-state index is 10.4. The van der Waals surface area contributed by atoms with Gasteiger partial charge in [0.1, 0.15) is 5.75 Å². The molecule has 1 aromatic carbocycles. The predicted molar refractivity (Wildman–Crippen MR) is 59.3 cm³/mol. The Labute approximate surface area is 92.9 Å². The molecule has 0 atom stereocenters. The van der Waals surface area contributed by atoms with Crippen LogP contribution in [0.3, 0.4) is 0 Å². The number of carboxylic acid groups (broad SMARTS) is 1. The molecular weight excluding hydrogens is 216 g/mol. The summed E-state index contributed by atoms with van der Waals surface area (Å²) in [6, 6.07) is 5.19. The molecule has 1 aromatic rings. The number of hydrogen-bond acceptors (Lipinski definition) is 2. The van der Waals surface area contributed by atoms with Crippen molar-refractivity contribution in [3.63, 3.8) is 0 Å². The SMILES string of the molecule is CCOc1c(Cl)cccc1/C=C/C(=O)O. The minimum atomic E-state index is -1.00. The topological polar surface area (TPSA) is 46.5 Å². The van der Waals surface area contributed by atoms with E-state index in [2.05, 4.69) is 0 Å². The van der Waals surface area contributed by atoms with Gasteiger partial charge < -0.3 is 9.84 Å². The van der Waals surface area contributed by atoms with Gasteiger partial charge in [0.2, 0.25) is 0 Å². The Morgan fingerprint density at radius 3 is 2.93 bits per heavy atom. The molecule has 0 heterocycles. The van der Waals surface area contributed by atoms with E-state index in [1.807, 2.05) is 6.92 Å². The number of carbonyl (C=O) groups is 1. The summed E-state index contributed by atoms with van der Waals surface area (Å²) in [6.07, 6.45) is 2.51. The molecule has 0 unspecified atom stereocenters. The van der Waals surface area contributed by atoms with Crippen molar-refractivity contribution in [2.45, 2.75) is 6.92 Å². The summed E-state index contributed by atoms with van der Waals surface area (Å²) in [5.41, 5.74) is 0.659. The molecule has 0 aliphatic heterocycles. The van der Waals surface area contributed by atoms with E-state index in [9.17, 15) is 4.79 Å². The summed E-state index contributed by atoms with van der Waals surface area (Å²) in [6.45, 7) is 2.33. The van der Waals surface area contributed by atoms with Crippen molar-refractivity contribution in [1.82, 2.24) is 0 Å². The lowest BCUT2D eigenvalue weighted by Gasteiger charge is -2.08. The summed E-state index contributed by atoms with van der Waals surface area (Å²) in [4.78, 5) is 10.4. The fourth-order valence-corrected chi connectivity index (χ4v) is 1.35. The van der Waals surface area contributed by atoms with Crippen LogP contribution in [0.25, 0.3) is 6.08 Å². The zero-order valence-electron chi connectivity index (χ0n) is 8.24. The molecule has 0 amide bonds. The Balaban J connectivity index is 3.05. The lowest BCUT2D eigenvalue weighted by atomic mass is 10.2. The van der Waals surface area contributed by atoms with Crippen LogP contribution in [0.15, 0.2) is 24.3 Å². The van der Waals surface area contributed by atoms with Gasteiger partial charge in [0.25, 0.3) is 0 Å². The van der Waals surface area contributed by atoms with Gasteiger partial charge in [0.05, 0.1) is 11.6 Å². The van der Waals surface area contributed by atoms with Crippen molar-refractivity contribution < 1.29 is 14.6 Å². The van der Waals surface area contributed by atoms with E-state index < -0.39 is 5.97 Å². The Bertz CT molecular complexity index is 385. The van der Waals surface area contributed by atoms with Crippen LogP contribution in [0.2, 0.25) is 5.02 Å². The molecule has 4 heteroatoms. The van der Waals surface area contributed by atoms with Crippen molar-refractivity contribution in [2.75, 3.05) is 6.61 Å². The molecule has 1 N–H and O–H groups in total. The molecule has 0 saturated heterocycles. The van der Waals surface area contributed by atoms with Gasteiger partial charge in [-0.3, -0.25) is 0 Å². The highest BCUT2D eigenvalue weighted by molar-refractivity contribution is 6.32. The Hall–Kier alpha value is -1.48. The molecule has 0 bridgehead atoms. The van der Waals surface area contributed by atoms with Gasteiger partial charge in [0, 0.05) is 11.6 Å². The molecule has 15 heavy (non-hydrogen) atoms. The Morgan fingerprint density at radius 2 is 2.33 bits per heavy atom. The third kappa shape index (κ3) is 3.29. The number of hydrogen-bond donors (Lipinski definition) is 1. The number of para-hydroxylation sites is 1. The van der Waals surface area contributed by atoms with Crippen LogP contribution in [-0.4, -0.2) is 17.7 Å². The Morgan fingerprint density at radius 1 is 1.60 bits per heavy atom. The molecule has 3 nitrogen and oxygen atoms in total. The zero-order valence-corrected chi connectivity index (χ0v) is 8.99. The number of rotatable bonds is 4. The highest BCUT2D eigenvalue weighted by atomic mass is 35.5. The summed E-state index contributed by atoms with van der Waals surface area (Å²) >= 11 is 5.92. The number of aliphatic carboxylic acids is 1. The molecule has 0 spiro atoms. The van der Waals surface area contributed by atoms with E-state index in [0.717, 1.165) is 6.08 Å². The van der Waals surface area contributed by atoms with Gasteiger partial charge in [-0.15, -0.1) is 0 Å². The number of halogens is 1. The minimum Gasteiger partial charge on any atom is -0.492 e. The van der Waals surface area contributed by atoms with E-state index in [-0.39, 0.29) is 0 Å². The van der Waals surface area contributed by atoms with Crippen molar-refractivity contribution >= 4 is 23.6 Å². The monoisotopic (exact) mass is 226 g/mol. The van der Waals surface area contributed by atoms with Gasteiger partial charge in [-0.05, 0) is 19.1 Å². The van der Waals surface area contributed by atoms with E-state index in [4.69, 9.17) is 21.4 Å². The molecule has 1 rings (SSSR count). The lowest BCUT2D eigenvalue weighted by Crippen LogP contribution is -1.95. The smallest absolute Gasteiger partial charge is 0.328 e. The molecular formula is C11H11ClO3. The quantitative estimate of drug-likeness (QED) is 0.803. The van der Waals surface area contributed by atoms with Crippen LogP contribution < -0.4 is 4.74 Å². The van der Waals surface area contributed by atoms with E-state index >= 15 is 0 Å². The van der Waals surface area contributed by atoms with Gasteiger partial charge in [0.15, 0.2) is 0 Å². The van der Waals surface area contributed by atoms with Crippen molar-refractivity contribution in [2.24, 2.45) is 0 Å². The first-order chi connectivity index (χ1) is 7.15. The number of ether oxygens (including phenoxy) is 1. The van der Waals surface area contributed by atoms with Crippen molar-refractivity contribution in [3.8, 4) is 5.75 Å². The normalized spacial score (nSPS) is 10.5. The van der Waals surface area contributed by atoms with Crippen LogP contribution >= 0.6 is 11.6 Å². The first kappa shape index (κ1) is 11.6. The second-order valence-corrected chi connectivity index (χ2v) is 3.17. The van der Waals surface area contributed by atoms with Gasteiger partial charge in [-0.2, -0.15) is 0 Å². The Kier molecular flexibility index (Phi) is 4.18. The van der Waals surface area contributed by atoms with Gasteiger partial charge in [-0.1, -0.05) is 23.7 Å². The molecule has 0 aromatic heterocycles. The standard InChI is InChI=1S/C11H11ClO3/c1-2-15-11-8(6-7-10(13)14)4-3-5-9(11)12/h3-7H,2H2,1H3,(H,13,14)/b7-6+. The fraction of sp³-hybridized carbons (Fsp3) is 0.182. The van der Waals surface area contributed by atoms with Crippen LogP contribution in [-0.2, 0) is 4.79 Å². The van der Waals surface area contributed by atoms with E-state index in [0.29, 0.717) is 22.9 Å². The van der Waals surface area contributed by atoms with Crippen molar-refractivity contribution in [1.29, 1.82) is 0 Å². The lowest BCUT2D eigenvalue weighted by molar-refractivity contribution is -0.131. The first-order valence-corrected chi connectivity index (χ1v) is 4.85. The highest BCUT2D eigenvalue weighted by Crippen LogP contribution is 2.29. The summed E-state index contributed by atoms with van der Waals surface area (Å²) in [5, 5.41) is 8.98. The van der Waals surface area contributed by atoms with Crippen molar-refractivity contribution in [3.05, 3.63) is 34.9 Å². The zero-order chi connectivity index (χ0) is 11.3. The summed E-state index contributed by atoms with van der Waals surface area (Å²) < 4.78 is 5.32. The van der Waals surface area contributed by atoms with E-state index in [1.54, 1.807) is 18.2 Å². The predicted octanol–water partition coefficient (Wildman–Crippen LogP) is 2.84. The molecule has 0 fully saturated rings. The molecule has 0 aliphatic rings. The average molecular weight is 227 g/mol. The molecule has 0 saturated carbocycles.